The van der Waals surface area contributed by atoms with Crippen LogP contribution in [0, 0.1) is 0 Å². The van der Waals surface area contributed by atoms with E-state index < -0.39 is 0 Å². The van der Waals surface area contributed by atoms with Gasteiger partial charge in [-0.25, -0.2) is 0 Å². The van der Waals surface area contributed by atoms with Crippen molar-refractivity contribution in [2.75, 3.05) is 13.1 Å². The number of hydrogen-bond acceptors (Lipinski definition) is 2. The van der Waals surface area contributed by atoms with E-state index in [2.05, 4.69) is 0 Å². The van der Waals surface area contributed by atoms with Crippen LogP contribution in [-0.4, -0.2) is 35.1 Å². The van der Waals surface area contributed by atoms with Crippen molar-refractivity contribution in [3.8, 4) is 0 Å². The molecular formula is C9H15NO2. The van der Waals surface area contributed by atoms with Crippen LogP contribution >= 0.6 is 0 Å². The molecule has 0 aliphatic carbocycles. The number of aliphatic hydroxyl groups is 1. The van der Waals surface area contributed by atoms with Gasteiger partial charge in [0, 0.05) is 18.7 Å². The highest BCUT2D eigenvalue weighted by atomic mass is 16.3. The summed E-state index contributed by atoms with van der Waals surface area (Å²) in [5.74, 6) is 0.0575. The third-order valence-corrected chi connectivity index (χ3v) is 2.00. The largest absolute Gasteiger partial charge is 0.389 e. The van der Waals surface area contributed by atoms with Gasteiger partial charge in [-0.05, 0) is 13.3 Å². The van der Waals surface area contributed by atoms with Crippen molar-refractivity contribution in [3.63, 3.8) is 0 Å². The number of carbonyl (C=O) groups excluding carboxylic acids is 1. The molecule has 0 aromatic carbocycles. The number of likely N-dealkylation sites (tertiary alicyclic amines) is 1. The fourth-order valence-electron chi connectivity index (χ4n) is 1.26. The van der Waals surface area contributed by atoms with Gasteiger partial charge in [0.05, 0.1) is 6.10 Å². The maximum Gasteiger partial charge on any atom is 0.249 e. The van der Waals surface area contributed by atoms with Crippen LogP contribution in [0.4, 0.5) is 0 Å². The predicted octanol–water partition coefficient (Wildman–Crippen LogP) is 0.546. The average molecular weight is 169 g/mol. The first-order chi connectivity index (χ1) is 5.65. The summed E-state index contributed by atoms with van der Waals surface area (Å²) < 4.78 is 0. The Bertz CT molecular complexity index is 205. The van der Waals surface area contributed by atoms with Crippen LogP contribution in [0.15, 0.2) is 11.6 Å². The molecule has 0 aromatic rings. The van der Waals surface area contributed by atoms with Crippen molar-refractivity contribution >= 4 is 5.91 Å². The molecule has 1 saturated heterocycles. The van der Waals surface area contributed by atoms with Gasteiger partial charge in [-0.3, -0.25) is 4.79 Å². The van der Waals surface area contributed by atoms with E-state index in [1.807, 2.05) is 19.9 Å². The van der Waals surface area contributed by atoms with Crippen LogP contribution in [0.25, 0.3) is 0 Å². The summed E-state index contributed by atoms with van der Waals surface area (Å²) in [5.41, 5.74) is 0.782. The van der Waals surface area contributed by atoms with Gasteiger partial charge in [0.25, 0.3) is 0 Å². The van der Waals surface area contributed by atoms with Crippen molar-refractivity contribution < 1.29 is 9.90 Å². The van der Waals surface area contributed by atoms with Crippen LogP contribution < -0.4 is 0 Å². The second-order valence-corrected chi connectivity index (χ2v) is 3.16. The first-order valence-electron chi connectivity index (χ1n) is 4.29. The molecule has 0 atom stereocenters. The number of β-amino-alcohol motifs (C(OH)–C–C–N with tert-alkyl or cyclic N) is 1. The highest BCUT2D eigenvalue weighted by molar-refractivity contribution is 5.93. The molecule has 1 amide bonds. The molecular weight excluding hydrogens is 154 g/mol. The predicted molar refractivity (Wildman–Crippen MR) is 46.6 cm³/mol. The van der Waals surface area contributed by atoms with Crippen LogP contribution in [0.5, 0.6) is 0 Å². The fraction of sp³-hybridized carbons (Fsp3) is 0.667. The molecule has 68 valence electrons. The second-order valence-electron chi connectivity index (χ2n) is 3.16. The number of hydrogen-bond donors (Lipinski definition) is 1. The molecule has 0 radical (unpaired) electrons. The van der Waals surface area contributed by atoms with Crippen molar-refractivity contribution in [2.45, 2.75) is 26.4 Å². The zero-order valence-electron chi connectivity index (χ0n) is 7.58. The second kappa shape index (κ2) is 3.72. The molecule has 0 saturated carbocycles. The fourth-order valence-corrected chi connectivity index (χ4v) is 1.26. The Balaban J connectivity index is 2.43. The summed E-state index contributed by atoms with van der Waals surface area (Å²) in [4.78, 5) is 13.1. The number of aliphatic hydroxyl groups excluding tert-OH is 1. The molecule has 1 N–H and O–H groups in total. The van der Waals surface area contributed by atoms with E-state index >= 15 is 0 Å². The Hall–Kier alpha value is -0.830. The molecule has 1 heterocycles. The number of carbonyl (C=O) groups is 1. The van der Waals surface area contributed by atoms with Gasteiger partial charge in [0.2, 0.25) is 5.91 Å². The quantitative estimate of drug-likeness (QED) is 0.613. The summed E-state index contributed by atoms with van der Waals surface area (Å²) in [6.45, 7) is 4.81. The summed E-state index contributed by atoms with van der Waals surface area (Å²) in [6, 6.07) is 0. The van der Waals surface area contributed by atoms with E-state index in [4.69, 9.17) is 5.11 Å². The number of allylic oxidation sites excluding steroid dienone is 1. The highest BCUT2D eigenvalue weighted by Gasteiger charge is 2.28. The molecule has 1 rings (SSSR count). The molecule has 12 heavy (non-hydrogen) atoms. The molecule has 1 aliphatic heterocycles. The minimum Gasteiger partial charge on any atom is -0.389 e. The molecule has 0 spiro atoms. The lowest BCUT2D eigenvalue weighted by atomic mass is 10.1. The molecule has 1 aliphatic rings. The standard InChI is InChI=1S/C9H15NO2/c1-3-4-7(2)9(12)10-5-8(11)6-10/h4,8,11H,3,5-6H2,1-2H3. The van der Waals surface area contributed by atoms with E-state index in [9.17, 15) is 4.79 Å². The normalized spacial score (nSPS) is 19.2. The SMILES string of the molecule is CCC=C(C)C(=O)N1CC(O)C1. The first-order valence-corrected chi connectivity index (χ1v) is 4.29. The maximum atomic E-state index is 11.4. The van der Waals surface area contributed by atoms with Gasteiger partial charge in [0.1, 0.15) is 0 Å². The van der Waals surface area contributed by atoms with Crippen molar-refractivity contribution in [2.24, 2.45) is 0 Å². The zero-order chi connectivity index (χ0) is 9.14. The van der Waals surface area contributed by atoms with E-state index in [-0.39, 0.29) is 12.0 Å². The van der Waals surface area contributed by atoms with E-state index in [0.29, 0.717) is 13.1 Å². The van der Waals surface area contributed by atoms with Gasteiger partial charge in [-0.15, -0.1) is 0 Å². The van der Waals surface area contributed by atoms with Crippen molar-refractivity contribution in [1.29, 1.82) is 0 Å². The Morgan fingerprint density at radius 2 is 2.25 bits per heavy atom. The minimum absolute atomic E-state index is 0.0575. The first kappa shape index (κ1) is 9.26. The lowest BCUT2D eigenvalue weighted by Gasteiger charge is -2.36. The third kappa shape index (κ3) is 1.85. The van der Waals surface area contributed by atoms with Crippen LogP contribution in [0.2, 0.25) is 0 Å². The summed E-state index contributed by atoms with van der Waals surface area (Å²) in [6.07, 6.45) is 2.49. The van der Waals surface area contributed by atoms with Gasteiger partial charge in [0.15, 0.2) is 0 Å². The third-order valence-electron chi connectivity index (χ3n) is 2.00. The van der Waals surface area contributed by atoms with Gasteiger partial charge in [-0.2, -0.15) is 0 Å². The lowest BCUT2D eigenvalue weighted by Crippen LogP contribution is -2.53. The Morgan fingerprint density at radius 1 is 1.67 bits per heavy atom. The molecule has 3 heteroatoms. The van der Waals surface area contributed by atoms with Gasteiger partial charge >= 0.3 is 0 Å². The zero-order valence-corrected chi connectivity index (χ0v) is 7.58. The van der Waals surface area contributed by atoms with E-state index in [0.717, 1.165) is 12.0 Å². The Morgan fingerprint density at radius 3 is 2.67 bits per heavy atom. The molecule has 0 aromatic heterocycles. The average Bonchev–Trinajstić information content (AvgIpc) is 1.98. The smallest absolute Gasteiger partial charge is 0.249 e. The molecule has 3 nitrogen and oxygen atoms in total. The summed E-state index contributed by atoms with van der Waals surface area (Å²) in [5, 5.41) is 8.97. The number of nitrogens with zero attached hydrogens (tertiary/aromatic N) is 1. The van der Waals surface area contributed by atoms with Gasteiger partial charge in [-0.1, -0.05) is 13.0 Å². The van der Waals surface area contributed by atoms with E-state index in [1.54, 1.807) is 4.90 Å². The topological polar surface area (TPSA) is 40.5 Å². The molecule has 1 fully saturated rings. The minimum atomic E-state index is -0.302. The maximum absolute atomic E-state index is 11.4. The monoisotopic (exact) mass is 169 g/mol. The number of rotatable bonds is 2. The highest BCUT2D eigenvalue weighted by Crippen LogP contribution is 2.11. The Labute approximate surface area is 72.7 Å². The summed E-state index contributed by atoms with van der Waals surface area (Å²) in [7, 11) is 0. The Kier molecular flexibility index (Phi) is 2.87. The summed E-state index contributed by atoms with van der Waals surface area (Å²) >= 11 is 0. The van der Waals surface area contributed by atoms with Gasteiger partial charge < -0.3 is 10.0 Å². The van der Waals surface area contributed by atoms with Crippen molar-refractivity contribution in [1.82, 2.24) is 4.90 Å². The van der Waals surface area contributed by atoms with Crippen LogP contribution in [0.3, 0.4) is 0 Å². The molecule has 0 bridgehead atoms. The number of amides is 1. The van der Waals surface area contributed by atoms with Crippen LogP contribution in [0.1, 0.15) is 20.3 Å². The molecule has 0 unspecified atom stereocenters. The lowest BCUT2D eigenvalue weighted by molar-refractivity contribution is -0.136. The van der Waals surface area contributed by atoms with Crippen molar-refractivity contribution in [3.05, 3.63) is 11.6 Å². The van der Waals surface area contributed by atoms with Crippen LogP contribution in [-0.2, 0) is 4.79 Å². The van der Waals surface area contributed by atoms with E-state index in [1.165, 1.54) is 0 Å².